The summed E-state index contributed by atoms with van der Waals surface area (Å²) < 4.78 is 1.29. The van der Waals surface area contributed by atoms with E-state index in [1.807, 2.05) is 11.3 Å². The Bertz CT molecular complexity index is 426. The third kappa shape index (κ3) is 3.23. The van der Waals surface area contributed by atoms with Crippen LogP contribution in [-0.2, 0) is 6.42 Å². The summed E-state index contributed by atoms with van der Waals surface area (Å²) in [4.78, 5) is 4.21. The van der Waals surface area contributed by atoms with Gasteiger partial charge in [0.25, 0.3) is 0 Å². The van der Waals surface area contributed by atoms with Crippen molar-refractivity contribution < 1.29 is 0 Å². The van der Waals surface area contributed by atoms with Crippen molar-refractivity contribution in [1.29, 1.82) is 0 Å². The molecule has 1 fully saturated rings. The third-order valence-electron chi connectivity index (χ3n) is 4.51. The maximum absolute atomic E-state index is 3.81. The maximum atomic E-state index is 3.81. The van der Waals surface area contributed by atoms with Crippen LogP contribution in [0.3, 0.4) is 0 Å². The number of hydrogen-bond acceptors (Lipinski definition) is 3. The van der Waals surface area contributed by atoms with E-state index in [1.54, 1.807) is 10.4 Å². The lowest BCUT2D eigenvalue weighted by Gasteiger charge is -2.29. The van der Waals surface area contributed by atoms with Crippen LogP contribution in [0.15, 0.2) is 9.85 Å². The number of hydrogen-bond donors (Lipinski definition) is 1. The van der Waals surface area contributed by atoms with Gasteiger partial charge in [-0.15, -0.1) is 11.3 Å². The summed E-state index contributed by atoms with van der Waals surface area (Å²) in [5.74, 6) is 0. The van der Waals surface area contributed by atoms with E-state index in [2.05, 4.69) is 39.1 Å². The first-order chi connectivity index (χ1) is 9.24. The van der Waals surface area contributed by atoms with Crippen LogP contribution < -0.4 is 5.32 Å². The highest BCUT2D eigenvalue weighted by Gasteiger charge is 2.24. The van der Waals surface area contributed by atoms with Crippen molar-refractivity contribution in [1.82, 2.24) is 10.2 Å². The molecule has 1 aliphatic carbocycles. The lowest BCUT2D eigenvalue weighted by atomic mass is 9.94. The number of rotatable bonds is 4. The van der Waals surface area contributed by atoms with Gasteiger partial charge in [0.05, 0.1) is 3.79 Å². The zero-order chi connectivity index (χ0) is 13.2. The van der Waals surface area contributed by atoms with Crippen LogP contribution in [0.1, 0.15) is 49.1 Å². The van der Waals surface area contributed by atoms with Crippen LogP contribution >= 0.6 is 27.3 Å². The number of nitrogens with one attached hydrogen (secondary N) is 1. The van der Waals surface area contributed by atoms with Crippen molar-refractivity contribution in [2.75, 3.05) is 19.6 Å². The van der Waals surface area contributed by atoms with E-state index in [0.717, 1.165) is 6.54 Å². The monoisotopic (exact) mass is 342 g/mol. The molecule has 0 radical (unpaired) electrons. The lowest BCUT2D eigenvalue weighted by Crippen LogP contribution is -2.40. The van der Waals surface area contributed by atoms with E-state index >= 15 is 0 Å². The Hall–Kier alpha value is 0.1000. The molecular weight excluding hydrogens is 320 g/mol. The minimum atomic E-state index is 0.580. The molecule has 0 bridgehead atoms. The number of nitrogens with zero attached hydrogens (tertiary/aromatic N) is 1. The first-order valence-electron chi connectivity index (χ1n) is 7.49. The molecular formula is C15H23BrN2S. The molecule has 1 aromatic heterocycles. The quantitative estimate of drug-likeness (QED) is 0.890. The summed E-state index contributed by atoms with van der Waals surface area (Å²) in [7, 11) is 0. The van der Waals surface area contributed by atoms with E-state index in [1.165, 1.54) is 49.0 Å². The van der Waals surface area contributed by atoms with Gasteiger partial charge in [0, 0.05) is 23.5 Å². The summed E-state index contributed by atoms with van der Waals surface area (Å²) in [5, 5.41) is 3.81. The second-order valence-corrected chi connectivity index (χ2v) is 8.39. The Morgan fingerprint density at radius 2 is 2.21 bits per heavy atom. The molecule has 2 nitrogen and oxygen atoms in total. The molecule has 2 atom stereocenters. The van der Waals surface area contributed by atoms with Crippen molar-refractivity contribution in [2.24, 2.45) is 0 Å². The van der Waals surface area contributed by atoms with Crippen LogP contribution in [0, 0.1) is 0 Å². The smallest absolute Gasteiger partial charge is 0.0704 e. The van der Waals surface area contributed by atoms with Gasteiger partial charge in [-0.05, 0) is 79.7 Å². The second kappa shape index (κ2) is 6.25. The Balaban J connectivity index is 1.58. The Morgan fingerprint density at radius 3 is 3.00 bits per heavy atom. The average Bonchev–Trinajstić information content (AvgIpc) is 3.03. The molecule has 1 aromatic rings. The van der Waals surface area contributed by atoms with Gasteiger partial charge in [0.15, 0.2) is 0 Å². The van der Waals surface area contributed by atoms with Gasteiger partial charge >= 0.3 is 0 Å². The maximum Gasteiger partial charge on any atom is 0.0704 e. The Morgan fingerprint density at radius 1 is 1.42 bits per heavy atom. The van der Waals surface area contributed by atoms with Crippen molar-refractivity contribution in [3.05, 3.63) is 20.3 Å². The fourth-order valence-electron chi connectivity index (χ4n) is 3.36. The summed E-state index contributed by atoms with van der Waals surface area (Å²) in [6.07, 6.45) is 6.66. The highest BCUT2D eigenvalue weighted by atomic mass is 79.9. The SMILES string of the molecule is CC(CNC1CCCc2sc(Br)cc21)N1CCCC1. The summed E-state index contributed by atoms with van der Waals surface area (Å²) in [6.45, 7) is 6.08. The molecule has 106 valence electrons. The molecule has 2 heterocycles. The van der Waals surface area contributed by atoms with Crippen LogP contribution in [0.5, 0.6) is 0 Å². The molecule has 0 saturated carbocycles. The Labute approximate surface area is 128 Å². The van der Waals surface area contributed by atoms with E-state index in [0.29, 0.717) is 12.1 Å². The molecule has 1 N–H and O–H groups in total. The molecule has 0 amide bonds. The van der Waals surface area contributed by atoms with Gasteiger partial charge in [0.2, 0.25) is 0 Å². The summed E-state index contributed by atoms with van der Waals surface area (Å²) in [6, 6.07) is 3.59. The normalized spacial score (nSPS) is 25.5. The lowest BCUT2D eigenvalue weighted by molar-refractivity contribution is 0.243. The fourth-order valence-corrected chi connectivity index (χ4v) is 5.18. The minimum absolute atomic E-state index is 0.580. The molecule has 0 spiro atoms. The first-order valence-corrected chi connectivity index (χ1v) is 9.10. The van der Waals surface area contributed by atoms with E-state index in [-0.39, 0.29) is 0 Å². The van der Waals surface area contributed by atoms with Crippen molar-refractivity contribution in [3.63, 3.8) is 0 Å². The van der Waals surface area contributed by atoms with Gasteiger partial charge in [-0.1, -0.05) is 0 Å². The van der Waals surface area contributed by atoms with Crippen molar-refractivity contribution in [2.45, 2.75) is 51.1 Å². The van der Waals surface area contributed by atoms with Crippen LogP contribution in [0.25, 0.3) is 0 Å². The predicted octanol–water partition coefficient (Wildman–Crippen LogP) is 3.96. The average molecular weight is 343 g/mol. The number of halogens is 1. The van der Waals surface area contributed by atoms with E-state index in [9.17, 15) is 0 Å². The van der Waals surface area contributed by atoms with E-state index in [4.69, 9.17) is 0 Å². The standard InChI is InChI=1S/C15H23BrN2S/c1-11(18-7-2-3-8-18)10-17-13-5-4-6-14-12(13)9-15(16)19-14/h9,11,13,17H,2-8,10H2,1H3. The minimum Gasteiger partial charge on any atom is -0.308 e. The first kappa shape index (κ1) is 14.1. The number of fused-ring (bicyclic) bond motifs is 1. The van der Waals surface area contributed by atoms with Crippen LogP contribution in [0.4, 0.5) is 0 Å². The predicted molar refractivity (Wildman–Crippen MR) is 86.0 cm³/mol. The summed E-state index contributed by atoms with van der Waals surface area (Å²) in [5.41, 5.74) is 1.55. The number of likely N-dealkylation sites (tertiary alicyclic amines) is 1. The van der Waals surface area contributed by atoms with Crippen molar-refractivity contribution in [3.8, 4) is 0 Å². The Kier molecular flexibility index (Phi) is 4.62. The van der Waals surface area contributed by atoms with Crippen LogP contribution in [-0.4, -0.2) is 30.6 Å². The largest absolute Gasteiger partial charge is 0.308 e. The second-order valence-electron chi connectivity index (χ2n) is 5.87. The number of thiophene rings is 1. The molecule has 0 aromatic carbocycles. The van der Waals surface area contributed by atoms with Gasteiger partial charge in [0.1, 0.15) is 0 Å². The molecule has 4 heteroatoms. The molecule has 1 saturated heterocycles. The molecule has 3 rings (SSSR count). The van der Waals surface area contributed by atoms with Gasteiger partial charge in [-0.2, -0.15) is 0 Å². The highest BCUT2D eigenvalue weighted by molar-refractivity contribution is 9.11. The van der Waals surface area contributed by atoms with E-state index < -0.39 is 0 Å². The molecule has 19 heavy (non-hydrogen) atoms. The number of aryl methyl sites for hydroxylation is 1. The molecule has 2 aliphatic rings. The zero-order valence-corrected chi connectivity index (χ0v) is 14.0. The van der Waals surface area contributed by atoms with Crippen LogP contribution in [0.2, 0.25) is 0 Å². The molecule has 1 aliphatic heterocycles. The fraction of sp³-hybridized carbons (Fsp3) is 0.733. The van der Waals surface area contributed by atoms with Gasteiger partial charge in [-0.25, -0.2) is 0 Å². The van der Waals surface area contributed by atoms with Crippen molar-refractivity contribution >= 4 is 27.3 Å². The van der Waals surface area contributed by atoms with Gasteiger partial charge in [-0.3, -0.25) is 4.90 Å². The summed E-state index contributed by atoms with van der Waals surface area (Å²) >= 11 is 5.56. The third-order valence-corrected chi connectivity index (χ3v) is 6.22. The van der Waals surface area contributed by atoms with Gasteiger partial charge < -0.3 is 5.32 Å². The topological polar surface area (TPSA) is 15.3 Å². The molecule has 2 unspecified atom stereocenters. The zero-order valence-electron chi connectivity index (χ0n) is 11.6. The highest BCUT2D eigenvalue weighted by Crippen LogP contribution is 2.37.